The number of aryl methyl sites for hydroxylation is 1. The molecule has 1 aromatic rings. The van der Waals surface area contributed by atoms with Gasteiger partial charge in [0, 0.05) is 24.7 Å². The summed E-state index contributed by atoms with van der Waals surface area (Å²) in [5.41, 5.74) is 1.02. The summed E-state index contributed by atoms with van der Waals surface area (Å²) in [5, 5.41) is 0. The van der Waals surface area contributed by atoms with Gasteiger partial charge in [-0.05, 0) is 32.3 Å². The molecule has 0 saturated heterocycles. The van der Waals surface area contributed by atoms with Crippen molar-refractivity contribution in [3.05, 3.63) is 35.9 Å². The fourth-order valence-corrected chi connectivity index (χ4v) is 2.15. The van der Waals surface area contributed by atoms with Gasteiger partial charge in [0.05, 0.1) is 0 Å². The molecule has 0 saturated carbocycles. The monoisotopic (exact) mass is 274 g/mol. The molecule has 3 heteroatoms. The van der Waals surface area contributed by atoms with Gasteiger partial charge in [-0.3, -0.25) is 4.79 Å². The Balaban J connectivity index is 2.58. The zero-order valence-electron chi connectivity index (χ0n) is 12.9. The predicted molar refractivity (Wildman–Crippen MR) is 82.7 cm³/mol. The number of rotatable bonds is 9. The van der Waals surface area contributed by atoms with Gasteiger partial charge in [0.15, 0.2) is 0 Å². The Bertz CT molecular complexity index is 423. The van der Waals surface area contributed by atoms with Gasteiger partial charge in [0.25, 0.3) is 0 Å². The molecule has 0 aromatic carbocycles. The van der Waals surface area contributed by atoms with E-state index in [2.05, 4.69) is 29.0 Å². The fraction of sp³-hybridized carbons (Fsp3) is 0.588. The van der Waals surface area contributed by atoms with Crippen LogP contribution >= 0.6 is 0 Å². The van der Waals surface area contributed by atoms with Gasteiger partial charge in [-0.1, -0.05) is 38.3 Å². The third kappa shape index (κ3) is 6.60. The molecule has 0 fully saturated rings. The summed E-state index contributed by atoms with van der Waals surface area (Å²) in [4.78, 5) is 19.8. The predicted octanol–water partition coefficient (Wildman–Crippen LogP) is 4.37. The van der Waals surface area contributed by atoms with Crippen LogP contribution in [0.4, 0.5) is 0 Å². The fourth-order valence-electron chi connectivity index (χ4n) is 2.15. The van der Waals surface area contributed by atoms with Gasteiger partial charge in [-0.15, -0.1) is 0 Å². The highest BCUT2D eigenvalue weighted by molar-refractivity contribution is 5.76. The number of carbonyl (C=O) groups is 1. The zero-order chi connectivity index (χ0) is 14.8. The van der Waals surface area contributed by atoms with E-state index in [1.807, 2.05) is 19.3 Å². The number of hydrogen-bond donors (Lipinski definition) is 0. The van der Waals surface area contributed by atoms with Crippen LogP contribution in [0.25, 0.3) is 0 Å². The minimum Gasteiger partial charge on any atom is -0.300 e. The highest BCUT2D eigenvalue weighted by atomic mass is 16.1. The van der Waals surface area contributed by atoms with Crippen molar-refractivity contribution in [2.45, 2.75) is 65.2 Å². The Kier molecular flexibility index (Phi) is 7.78. The Labute approximate surface area is 122 Å². The van der Waals surface area contributed by atoms with Gasteiger partial charge in [-0.2, -0.15) is 0 Å². The topological polar surface area (TPSA) is 42.9 Å². The van der Waals surface area contributed by atoms with Crippen molar-refractivity contribution in [3.63, 3.8) is 0 Å². The molecule has 1 atom stereocenters. The summed E-state index contributed by atoms with van der Waals surface area (Å²) in [6.07, 6.45) is 14.7. The van der Waals surface area contributed by atoms with Gasteiger partial charge in [0.1, 0.15) is 11.6 Å². The number of unbranched alkanes of at least 4 members (excludes halogenated alkanes) is 4. The Morgan fingerprint density at radius 3 is 2.55 bits per heavy atom. The van der Waals surface area contributed by atoms with Crippen molar-refractivity contribution in [3.8, 4) is 0 Å². The Morgan fingerprint density at radius 2 is 1.95 bits per heavy atom. The number of hydrogen-bond acceptors (Lipinski definition) is 3. The Hall–Kier alpha value is -1.51. The van der Waals surface area contributed by atoms with Crippen LogP contribution in [0, 0.1) is 6.92 Å². The summed E-state index contributed by atoms with van der Waals surface area (Å²) < 4.78 is 0. The molecule has 0 aliphatic rings. The van der Waals surface area contributed by atoms with Crippen molar-refractivity contribution in [1.82, 2.24) is 9.97 Å². The number of ketones is 1. The molecular formula is C17H26N2O. The molecular weight excluding hydrogens is 248 g/mol. The van der Waals surface area contributed by atoms with Crippen molar-refractivity contribution in [2.24, 2.45) is 0 Å². The van der Waals surface area contributed by atoms with E-state index in [-0.39, 0.29) is 11.7 Å². The van der Waals surface area contributed by atoms with E-state index >= 15 is 0 Å². The smallest absolute Gasteiger partial charge is 0.130 e. The minimum absolute atomic E-state index is 0.110. The highest BCUT2D eigenvalue weighted by Gasteiger charge is 2.11. The van der Waals surface area contributed by atoms with E-state index in [9.17, 15) is 4.79 Å². The molecule has 0 amide bonds. The number of Topliss-reactive ketones (excluding diaryl/α,β-unsaturated/α-hetero) is 1. The first-order valence-electron chi connectivity index (χ1n) is 7.58. The molecule has 0 spiro atoms. The lowest BCUT2D eigenvalue weighted by Crippen LogP contribution is -2.03. The van der Waals surface area contributed by atoms with Crippen LogP contribution < -0.4 is 0 Å². The van der Waals surface area contributed by atoms with E-state index in [4.69, 9.17) is 0 Å². The van der Waals surface area contributed by atoms with Crippen LogP contribution in [-0.2, 0) is 4.79 Å². The van der Waals surface area contributed by atoms with Crippen molar-refractivity contribution in [1.29, 1.82) is 0 Å². The summed E-state index contributed by atoms with van der Waals surface area (Å²) >= 11 is 0. The molecule has 0 aliphatic carbocycles. The van der Waals surface area contributed by atoms with Crippen LogP contribution in [0.1, 0.15) is 69.7 Å². The van der Waals surface area contributed by atoms with Crippen molar-refractivity contribution in [2.75, 3.05) is 0 Å². The maximum Gasteiger partial charge on any atom is 0.130 e. The normalized spacial score (nSPS) is 12.8. The minimum atomic E-state index is 0.110. The molecule has 1 unspecified atom stereocenters. The summed E-state index contributed by atoms with van der Waals surface area (Å²) in [6, 6.07) is 0. The van der Waals surface area contributed by atoms with E-state index in [1.165, 1.54) is 25.7 Å². The number of nitrogens with zero attached hydrogens (tertiary/aromatic N) is 2. The number of aromatic nitrogens is 2. The van der Waals surface area contributed by atoms with Gasteiger partial charge < -0.3 is 0 Å². The van der Waals surface area contributed by atoms with E-state index in [0.717, 1.165) is 17.8 Å². The van der Waals surface area contributed by atoms with Crippen LogP contribution in [0.3, 0.4) is 0 Å². The standard InChI is InChI=1S/C17H26N2O/c1-4-5-6-7-8-9-10-16(11-14(2)20)17-12-18-15(3)19-13-17/h9-10,12-13,16H,4-8,11H2,1-3H3/b10-9+. The number of allylic oxidation sites excluding steroid dienone is 2. The second-order valence-electron chi connectivity index (χ2n) is 5.35. The first-order chi connectivity index (χ1) is 9.63. The first kappa shape index (κ1) is 16.5. The maximum absolute atomic E-state index is 11.4. The SMILES string of the molecule is CCCCCC/C=C/C(CC(C)=O)c1cnc(C)nc1. The van der Waals surface area contributed by atoms with Crippen molar-refractivity contribution < 1.29 is 4.79 Å². The molecule has 1 aromatic heterocycles. The molecule has 3 nitrogen and oxygen atoms in total. The molecule has 110 valence electrons. The molecule has 0 bridgehead atoms. The van der Waals surface area contributed by atoms with Gasteiger partial charge in [-0.25, -0.2) is 9.97 Å². The summed E-state index contributed by atoms with van der Waals surface area (Å²) in [6.45, 7) is 5.72. The molecule has 1 rings (SSSR count). The average molecular weight is 274 g/mol. The molecule has 0 N–H and O–H groups in total. The lowest BCUT2D eigenvalue weighted by molar-refractivity contribution is -0.117. The summed E-state index contributed by atoms with van der Waals surface area (Å²) in [5.74, 6) is 1.07. The second-order valence-corrected chi connectivity index (χ2v) is 5.35. The van der Waals surface area contributed by atoms with Crippen LogP contribution in [0.5, 0.6) is 0 Å². The zero-order valence-corrected chi connectivity index (χ0v) is 12.9. The highest BCUT2D eigenvalue weighted by Crippen LogP contribution is 2.21. The van der Waals surface area contributed by atoms with E-state index in [1.54, 1.807) is 6.92 Å². The average Bonchev–Trinajstić information content (AvgIpc) is 2.42. The second kappa shape index (κ2) is 9.40. The van der Waals surface area contributed by atoms with Crippen molar-refractivity contribution >= 4 is 5.78 Å². The van der Waals surface area contributed by atoms with E-state index < -0.39 is 0 Å². The van der Waals surface area contributed by atoms with Crippen LogP contribution in [0.15, 0.2) is 24.5 Å². The first-order valence-corrected chi connectivity index (χ1v) is 7.58. The Morgan fingerprint density at radius 1 is 1.25 bits per heavy atom. The quantitative estimate of drug-likeness (QED) is 0.496. The molecule has 20 heavy (non-hydrogen) atoms. The van der Waals surface area contributed by atoms with Crippen LogP contribution in [0.2, 0.25) is 0 Å². The van der Waals surface area contributed by atoms with Gasteiger partial charge >= 0.3 is 0 Å². The largest absolute Gasteiger partial charge is 0.300 e. The maximum atomic E-state index is 11.4. The van der Waals surface area contributed by atoms with Crippen LogP contribution in [-0.4, -0.2) is 15.8 Å². The summed E-state index contributed by atoms with van der Waals surface area (Å²) in [7, 11) is 0. The lowest BCUT2D eigenvalue weighted by Gasteiger charge is -2.10. The third-order valence-corrected chi connectivity index (χ3v) is 3.33. The third-order valence-electron chi connectivity index (χ3n) is 3.33. The molecule has 0 aliphatic heterocycles. The van der Waals surface area contributed by atoms with Gasteiger partial charge in [0.2, 0.25) is 0 Å². The molecule has 0 radical (unpaired) electrons. The molecule has 1 heterocycles. The number of carbonyl (C=O) groups excluding carboxylic acids is 1. The van der Waals surface area contributed by atoms with E-state index in [0.29, 0.717) is 6.42 Å². The lowest BCUT2D eigenvalue weighted by atomic mass is 9.95.